The Hall–Kier alpha value is -1.94. The summed E-state index contributed by atoms with van der Waals surface area (Å²) in [4.78, 5) is 12.2. The summed E-state index contributed by atoms with van der Waals surface area (Å²) in [6.07, 6.45) is 3.01. The molecule has 0 amide bonds. The van der Waals surface area contributed by atoms with Crippen LogP contribution < -0.4 is 0 Å². The Labute approximate surface area is 138 Å². The predicted molar refractivity (Wildman–Crippen MR) is 88.3 cm³/mol. The van der Waals surface area contributed by atoms with E-state index >= 15 is 0 Å². The molecule has 2 heterocycles. The third-order valence-corrected chi connectivity index (χ3v) is 5.36. The molecule has 5 heteroatoms. The van der Waals surface area contributed by atoms with Gasteiger partial charge in [0, 0.05) is 16.3 Å². The van der Waals surface area contributed by atoms with E-state index in [1.54, 1.807) is 0 Å². The molecule has 0 atom stereocenters. The molecule has 0 spiro atoms. The highest BCUT2D eigenvalue weighted by Crippen LogP contribution is 2.50. The molecule has 4 nitrogen and oxygen atoms in total. The van der Waals surface area contributed by atoms with Crippen molar-refractivity contribution in [1.82, 2.24) is 0 Å². The molecule has 1 aliphatic carbocycles. The molecule has 120 valence electrons. The van der Waals surface area contributed by atoms with Gasteiger partial charge in [0.25, 0.3) is 0 Å². The van der Waals surface area contributed by atoms with Crippen molar-refractivity contribution in [3.63, 3.8) is 0 Å². The van der Waals surface area contributed by atoms with Gasteiger partial charge >= 0.3 is 5.97 Å². The van der Waals surface area contributed by atoms with Crippen LogP contribution in [0, 0.1) is 13.8 Å². The van der Waals surface area contributed by atoms with Crippen molar-refractivity contribution in [3.05, 3.63) is 34.2 Å². The molecule has 3 aromatic rings. The highest BCUT2D eigenvalue weighted by atomic mass is 35.5. The average molecular weight is 333 g/mol. The zero-order valence-corrected chi connectivity index (χ0v) is 13.8. The maximum Gasteiger partial charge on any atom is 0.314 e. The van der Waals surface area contributed by atoms with E-state index < -0.39 is 11.4 Å². The van der Waals surface area contributed by atoms with Crippen molar-refractivity contribution >= 4 is 39.5 Å². The fraction of sp³-hybridized carbons (Fsp3) is 0.389. The van der Waals surface area contributed by atoms with Crippen LogP contribution in [0.25, 0.3) is 21.9 Å². The Bertz CT molecular complexity index is 883. The first-order valence-electron chi connectivity index (χ1n) is 7.80. The number of hydrogen-bond acceptors (Lipinski definition) is 3. The van der Waals surface area contributed by atoms with Gasteiger partial charge in [-0.15, -0.1) is 0 Å². The summed E-state index contributed by atoms with van der Waals surface area (Å²) in [5.41, 5.74) is 0.939. The van der Waals surface area contributed by atoms with E-state index in [0.29, 0.717) is 40.6 Å². The molecule has 0 radical (unpaired) electrons. The Morgan fingerprint density at radius 1 is 1.09 bits per heavy atom. The van der Waals surface area contributed by atoms with Crippen LogP contribution in [0.3, 0.4) is 0 Å². The summed E-state index contributed by atoms with van der Waals surface area (Å²) in [6, 6.07) is 3.72. The Morgan fingerprint density at radius 2 is 1.65 bits per heavy atom. The smallest absolute Gasteiger partial charge is 0.314 e. The first-order chi connectivity index (χ1) is 10.9. The SMILES string of the molecule is Cc1cc2c(C3(C(=O)O)CCCC3)c3oc(C)cc3c(Cl)c2o1. The number of carbonyl (C=O) groups is 1. The third kappa shape index (κ3) is 1.88. The summed E-state index contributed by atoms with van der Waals surface area (Å²) < 4.78 is 11.7. The lowest BCUT2D eigenvalue weighted by Gasteiger charge is -2.25. The van der Waals surface area contributed by atoms with Crippen molar-refractivity contribution in [2.24, 2.45) is 0 Å². The lowest BCUT2D eigenvalue weighted by Crippen LogP contribution is -2.33. The maximum atomic E-state index is 12.2. The monoisotopic (exact) mass is 332 g/mol. The molecule has 2 aromatic heterocycles. The lowest BCUT2D eigenvalue weighted by molar-refractivity contribution is -0.143. The molecular formula is C18H17ClO4. The quantitative estimate of drug-likeness (QED) is 0.687. The molecule has 1 aromatic carbocycles. The van der Waals surface area contributed by atoms with Crippen LogP contribution in [0.1, 0.15) is 42.8 Å². The summed E-state index contributed by atoms with van der Waals surface area (Å²) in [6.45, 7) is 3.69. The third-order valence-electron chi connectivity index (χ3n) is 4.99. The highest BCUT2D eigenvalue weighted by molar-refractivity contribution is 6.40. The molecule has 23 heavy (non-hydrogen) atoms. The van der Waals surface area contributed by atoms with Crippen molar-refractivity contribution < 1.29 is 18.7 Å². The van der Waals surface area contributed by atoms with Gasteiger partial charge in [-0.05, 0) is 38.8 Å². The second-order valence-corrected chi connectivity index (χ2v) is 6.86. The number of furan rings is 2. The zero-order chi connectivity index (χ0) is 16.4. The standard InChI is InChI=1S/C18H17ClO4/c1-9-7-11-13(18(17(20)21)5-3-4-6-18)15-12(8-10(2)22-15)14(19)16(11)23-9/h7-8H,3-6H2,1-2H3,(H,20,21). The fourth-order valence-electron chi connectivity index (χ4n) is 4.00. The minimum absolute atomic E-state index is 0.488. The predicted octanol–water partition coefficient (Wildman–Crippen LogP) is 5.35. The molecule has 1 saturated carbocycles. The number of hydrogen-bond donors (Lipinski definition) is 1. The minimum atomic E-state index is -0.929. The first-order valence-corrected chi connectivity index (χ1v) is 8.17. The van der Waals surface area contributed by atoms with Gasteiger partial charge in [0.05, 0.1) is 10.4 Å². The van der Waals surface area contributed by atoms with E-state index in [0.717, 1.165) is 29.2 Å². The van der Waals surface area contributed by atoms with Crippen LogP contribution in [-0.2, 0) is 10.2 Å². The number of carboxylic acid groups (broad SMARTS) is 1. The van der Waals surface area contributed by atoms with Crippen molar-refractivity contribution in [3.8, 4) is 0 Å². The normalized spacial score (nSPS) is 17.3. The molecule has 1 aliphatic rings. The Morgan fingerprint density at radius 3 is 2.26 bits per heavy atom. The number of rotatable bonds is 2. The van der Waals surface area contributed by atoms with Crippen LogP contribution in [-0.4, -0.2) is 11.1 Å². The number of carboxylic acids is 1. The van der Waals surface area contributed by atoms with Crippen molar-refractivity contribution in [2.45, 2.75) is 44.9 Å². The average Bonchev–Trinajstić information content (AvgIpc) is 3.18. The topological polar surface area (TPSA) is 63.6 Å². The van der Waals surface area contributed by atoms with Crippen LogP contribution in [0.4, 0.5) is 0 Å². The molecule has 1 N–H and O–H groups in total. The van der Waals surface area contributed by atoms with E-state index in [1.165, 1.54) is 0 Å². The van der Waals surface area contributed by atoms with E-state index in [-0.39, 0.29) is 0 Å². The number of benzene rings is 1. The van der Waals surface area contributed by atoms with Gasteiger partial charge in [0.1, 0.15) is 17.1 Å². The van der Waals surface area contributed by atoms with Gasteiger partial charge in [-0.1, -0.05) is 24.4 Å². The Kier molecular flexibility index (Phi) is 3.04. The van der Waals surface area contributed by atoms with Crippen molar-refractivity contribution in [1.29, 1.82) is 0 Å². The van der Waals surface area contributed by atoms with Gasteiger partial charge in [-0.2, -0.15) is 0 Å². The van der Waals surface area contributed by atoms with Gasteiger partial charge in [0.2, 0.25) is 0 Å². The maximum absolute atomic E-state index is 12.2. The molecule has 4 rings (SSSR count). The van der Waals surface area contributed by atoms with E-state index in [2.05, 4.69) is 0 Å². The second-order valence-electron chi connectivity index (χ2n) is 6.48. The van der Waals surface area contributed by atoms with E-state index in [1.807, 2.05) is 26.0 Å². The highest BCUT2D eigenvalue weighted by Gasteiger charge is 2.46. The number of fused-ring (bicyclic) bond motifs is 2. The van der Waals surface area contributed by atoms with Crippen LogP contribution in [0.15, 0.2) is 21.0 Å². The molecular weight excluding hydrogens is 316 g/mol. The van der Waals surface area contributed by atoms with E-state index in [4.69, 9.17) is 20.4 Å². The molecule has 0 unspecified atom stereocenters. The lowest BCUT2D eigenvalue weighted by atomic mass is 9.76. The molecule has 0 aliphatic heterocycles. The van der Waals surface area contributed by atoms with Crippen LogP contribution in [0.5, 0.6) is 0 Å². The number of aryl methyl sites for hydroxylation is 2. The van der Waals surface area contributed by atoms with E-state index in [9.17, 15) is 9.90 Å². The van der Waals surface area contributed by atoms with Gasteiger partial charge in [-0.3, -0.25) is 4.79 Å². The van der Waals surface area contributed by atoms with Gasteiger partial charge in [0.15, 0.2) is 5.58 Å². The number of halogens is 1. The minimum Gasteiger partial charge on any atom is -0.481 e. The van der Waals surface area contributed by atoms with Crippen molar-refractivity contribution in [2.75, 3.05) is 0 Å². The van der Waals surface area contributed by atoms with Gasteiger partial charge < -0.3 is 13.9 Å². The summed E-state index contributed by atoms with van der Waals surface area (Å²) in [5.74, 6) is 0.630. The molecule has 0 saturated heterocycles. The summed E-state index contributed by atoms with van der Waals surface area (Å²) >= 11 is 6.50. The second kappa shape index (κ2) is 4.78. The number of aliphatic carboxylic acids is 1. The largest absolute Gasteiger partial charge is 0.481 e. The van der Waals surface area contributed by atoms with Crippen LogP contribution in [0.2, 0.25) is 5.02 Å². The van der Waals surface area contributed by atoms with Crippen LogP contribution >= 0.6 is 11.6 Å². The molecule has 1 fully saturated rings. The zero-order valence-electron chi connectivity index (χ0n) is 13.0. The first kappa shape index (κ1) is 14.6. The summed E-state index contributed by atoms with van der Waals surface area (Å²) in [7, 11) is 0. The fourth-order valence-corrected chi connectivity index (χ4v) is 4.28. The molecule has 0 bridgehead atoms. The van der Waals surface area contributed by atoms with Gasteiger partial charge in [-0.25, -0.2) is 0 Å². The Balaban J connectivity index is 2.22. The summed E-state index contributed by atoms with van der Waals surface area (Å²) in [5, 5.41) is 12.0.